The molecule has 0 radical (unpaired) electrons. The number of hydrogen-bond donors (Lipinski definition) is 1. The predicted octanol–water partition coefficient (Wildman–Crippen LogP) is 2.32. The molecule has 2 fully saturated rings. The molecule has 2 heterocycles. The number of nitrogens with one attached hydrogen (secondary N) is 1. The smallest absolute Gasteiger partial charge is 0.410 e. The highest BCUT2D eigenvalue weighted by Crippen LogP contribution is 2.26. The molecule has 2 unspecified atom stereocenters. The lowest BCUT2D eigenvalue weighted by Crippen LogP contribution is -2.45. The zero-order valence-electron chi connectivity index (χ0n) is 12.0. The van der Waals surface area contributed by atoms with Crippen LogP contribution in [0.25, 0.3) is 0 Å². The standard InChI is InChI=1S/C16H22N2O2/c1-12-4-2-5-13(8-12)10-18-15(11-20-16(18)19)14-6-3-7-17-9-14/h2,4-5,8,14-15,17H,3,6-7,9-11H2,1H3. The third-order valence-corrected chi connectivity index (χ3v) is 4.33. The van der Waals surface area contributed by atoms with Crippen LogP contribution in [-0.4, -0.2) is 36.7 Å². The summed E-state index contributed by atoms with van der Waals surface area (Å²) < 4.78 is 5.29. The molecular formula is C16H22N2O2. The molecule has 2 atom stereocenters. The lowest BCUT2D eigenvalue weighted by atomic mass is 9.91. The fraction of sp³-hybridized carbons (Fsp3) is 0.562. The Labute approximate surface area is 120 Å². The van der Waals surface area contributed by atoms with Crippen molar-refractivity contribution in [1.29, 1.82) is 0 Å². The topological polar surface area (TPSA) is 41.6 Å². The largest absolute Gasteiger partial charge is 0.447 e. The first-order chi connectivity index (χ1) is 9.74. The van der Waals surface area contributed by atoms with E-state index in [0.717, 1.165) is 13.1 Å². The normalized spacial score (nSPS) is 26.6. The maximum atomic E-state index is 12.0. The van der Waals surface area contributed by atoms with E-state index in [1.807, 2.05) is 11.0 Å². The zero-order valence-corrected chi connectivity index (χ0v) is 12.0. The minimum Gasteiger partial charge on any atom is -0.447 e. The van der Waals surface area contributed by atoms with Gasteiger partial charge in [0.2, 0.25) is 0 Å². The Morgan fingerprint density at radius 2 is 2.35 bits per heavy atom. The minimum atomic E-state index is -0.165. The second-order valence-electron chi connectivity index (χ2n) is 5.87. The van der Waals surface area contributed by atoms with Gasteiger partial charge in [0.1, 0.15) is 6.61 Å². The molecule has 4 nitrogen and oxygen atoms in total. The molecule has 20 heavy (non-hydrogen) atoms. The minimum absolute atomic E-state index is 0.165. The summed E-state index contributed by atoms with van der Waals surface area (Å²) >= 11 is 0. The lowest BCUT2D eigenvalue weighted by molar-refractivity contribution is 0.152. The molecule has 2 saturated heterocycles. The molecule has 1 aromatic rings. The van der Waals surface area contributed by atoms with Crippen LogP contribution in [0.4, 0.5) is 4.79 Å². The first-order valence-corrected chi connectivity index (χ1v) is 7.44. The van der Waals surface area contributed by atoms with Gasteiger partial charge in [0.25, 0.3) is 0 Å². The molecule has 4 heteroatoms. The van der Waals surface area contributed by atoms with Gasteiger partial charge < -0.3 is 10.1 Å². The maximum absolute atomic E-state index is 12.0. The first kappa shape index (κ1) is 13.4. The highest BCUT2D eigenvalue weighted by molar-refractivity contribution is 5.70. The molecule has 1 aromatic carbocycles. The van der Waals surface area contributed by atoms with E-state index in [1.54, 1.807) is 0 Å². The van der Waals surface area contributed by atoms with Gasteiger partial charge in [0.15, 0.2) is 0 Å². The van der Waals surface area contributed by atoms with Gasteiger partial charge in [-0.05, 0) is 37.8 Å². The summed E-state index contributed by atoms with van der Waals surface area (Å²) in [4.78, 5) is 13.9. The Bertz CT molecular complexity index is 483. The van der Waals surface area contributed by atoms with Crippen LogP contribution in [0.1, 0.15) is 24.0 Å². The third-order valence-electron chi connectivity index (χ3n) is 4.33. The summed E-state index contributed by atoms with van der Waals surface area (Å²) in [5.41, 5.74) is 2.41. The summed E-state index contributed by atoms with van der Waals surface area (Å²) in [6.07, 6.45) is 2.20. The highest BCUT2D eigenvalue weighted by atomic mass is 16.6. The summed E-state index contributed by atoms with van der Waals surface area (Å²) in [6, 6.07) is 8.56. The molecule has 2 aliphatic rings. The Morgan fingerprint density at radius 1 is 1.45 bits per heavy atom. The van der Waals surface area contributed by atoms with Gasteiger partial charge in [0.05, 0.1) is 6.04 Å². The number of aryl methyl sites for hydroxylation is 1. The fourth-order valence-corrected chi connectivity index (χ4v) is 3.25. The first-order valence-electron chi connectivity index (χ1n) is 7.44. The fourth-order valence-electron chi connectivity index (χ4n) is 3.25. The summed E-state index contributed by atoms with van der Waals surface area (Å²) in [6.45, 7) is 5.36. The molecule has 0 bridgehead atoms. The van der Waals surface area contributed by atoms with Crippen molar-refractivity contribution in [3.8, 4) is 0 Å². The average Bonchev–Trinajstić information content (AvgIpc) is 2.81. The van der Waals surface area contributed by atoms with Crippen molar-refractivity contribution in [3.63, 3.8) is 0 Å². The Morgan fingerprint density at radius 3 is 3.10 bits per heavy atom. The van der Waals surface area contributed by atoms with Crippen LogP contribution in [0, 0.1) is 12.8 Å². The SMILES string of the molecule is Cc1cccc(CN2C(=O)OCC2C2CCCNC2)c1. The van der Waals surface area contributed by atoms with Crippen molar-refractivity contribution in [1.82, 2.24) is 10.2 Å². The monoisotopic (exact) mass is 274 g/mol. The molecule has 0 aliphatic carbocycles. The summed E-state index contributed by atoms with van der Waals surface area (Å²) in [5.74, 6) is 0.514. The number of piperidine rings is 1. The Kier molecular flexibility index (Phi) is 3.92. The predicted molar refractivity (Wildman–Crippen MR) is 77.5 cm³/mol. The molecule has 0 aromatic heterocycles. The molecule has 1 N–H and O–H groups in total. The van der Waals surface area contributed by atoms with Gasteiger partial charge in [-0.15, -0.1) is 0 Å². The van der Waals surface area contributed by atoms with Crippen molar-refractivity contribution in [3.05, 3.63) is 35.4 Å². The van der Waals surface area contributed by atoms with Crippen molar-refractivity contribution in [2.45, 2.75) is 32.4 Å². The van der Waals surface area contributed by atoms with Crippen molar-refractivity contribution < 1.29 is 9.53 Å². The quantitative estimate of drug-likeness (QED) is 0.919. The van der Waals surface area contributed by atoms with E-state index in [1.165, 1.54) is 24.0 Å². The molecule has 108 valence electrons. The molecular weight excluding hydrogens is 252 g/mol. The van der Waals surface area contributed by atoms with Crippen LogP contribution in [0.3, 0.4) is 0 Å². The van der Waals surface area contributed by atoms with Crippen molar-refractivity contribution >= 4 is 6.09 Å². The molecule has 3 rings (SSSR count). The molecule has 0 spiro atoms. The number of carbonyl (C=O) groups excluding carboxylic acids is 1. The van der Waals surface area contributed by atoms with Crippen LogP contribution in [0.5, 0.6) is 0 Å². The number of rotatable bonds is 3. The average molecular weight is 274 g/mol. The van der Waals surface area contributed by atoms with E-state index in [-0.39, 0.29) is 12.1 Å². The van der Waals surface area contributed by atoms with Crippen LogP contribution >= 0.6 is 0 Å². The number of amides is 1. The number of benzene rings is 1. The molecule has 1 amide bonds. The second-order valence-corrected chi connectivity index (χ2v) is 5.87. The number of hydrogen-bond acceptors (Lipinski definition) is 3. The van der Waals surface area contributed by atoms with Crippen molar-refractivity contribution in [2.75, 3.05) is 19.7 Å². The number of nitrogens with zero attached hydrogens (tertiary/aromatic N) is 1. The lowest BCUT2D eigenvalue weighted by Gasteiger charge is -2.32. The van der Waals surface area contributed by atoms with Gasteiger partial charge >= 0.3 is 6.09 Å². The van der Waals surface area contributed by atoms with Crippen molar-refractivity contribution in [2.24, 2.45) is 5.92 Å². The van der Waals surface area contributed by atoms with Gasteiger partial charge in [0, 0.05) is 13.1 Å². The van der Waals surface area contributed by atoms with E-state index < -0.39 is 0 Å². The zero-order chi connectivity index (χ0) is 13.9. The number of ether oxygens (including phenoxy) is 1. The third kappa shape index (κ3) is 2.80. The number of carbonyl (C=O) groups is 1. The molecule has 2 aliphatic heterocycles. The van der Waals surface area contributed by atoms with Crippen LogP contribution < -0.4 is 5.32 Å². The van der Waals surface area contributed by atoms with Gasteiger partial charge in [-0.25, -0.2) is 4.79 Å². The van der Waals surface area contributed by atoms with Gasteiger partial charge in [-0.3, -0.25) is 4.90 Å². The van der Waals surface area contributed by atoms with Crippen LogP contribution in [-0.2, 0) is 11.3 Å². The number of cyclic esters (lactones) is 1. The van der Waals surface area contributed by atoms with Gasteiger partial charge in [-0.2, -0.15) is 0 Å². The van der Waals surface area contributed by atoms with E-state index >= 15 is 0 Å². The maximum Gasteiger partial charge on any atom is 0.410 e. The summed E-state index contributed by atoms with van der Waals surface area (Å²) in [7, 11) is 0. The second kappa shape index (κ2) is 5.83. The van der Waals surface area contributed by atoms with E-state index in [9.17, 15) is 4.79 Å². The van der Waals surface area contributed by atoms with E-state index in [2.05, 4.69) is 30.4 Å². The van der Waals surface area contributed by atoms with Crippen LogP contribution in [0.2, 0.25) is 0 Å². The van der Waals surface area contributed by atoms with E-state index in [4.69, 9.17) is 4.74 Å². The Hall–Kier alpha value is -1.55. The van der Waals surface area contributed by atoms with Gasteiger partial charge in [-0.1, -0.05) is 29.8 Å². The van der Waals surface area contributed by atoms with Crippen LogP contribution in [0.15, 0.2) is 24.3 Å². The van der Waals surface area contributed by atoms with E-state index in [0.29, 0.717) is 19.1 Å². The highest BCUT2D eigenvalue weighted by Gasteiger charge is 2.38. The Balaban J connectivity index is 1.73. The summed E-state index contributed by atoms with van der Waals surface area (Å²) in [5, 5.41) is 3.43. The molecule has 0 saturated carbocycles.